The Morgan fingerprint density at radius 3 is 2.64 bits per heavy atom. The van der Waals surface area contributed by atoms with E-state index in [0.717, 1.165) is 27.9 Å². The number of rotatable bonds is 9. The summed E-state index contributed by atoms with van der Waals surface area (Å²) in [7, 11) is 0. The van der Waals surface area contributed by atoms with Crippen molar-refractivity contribution < 1.29 is 19.1 Å². The molecule has 1 aliphatic carbocycles. The van der Waals surface area contributed by atoms with Crippen molar-refractivity contribution in [3.05, 3.63) is 65.9 Å². The molecule has 0 aliphatic heterocycles. The summed E-state index contributed by atoms with van der Waals surface area (Å²) < 4.78 is 11.4. The smallest absolute Gasteiger partial charge is 0.258 e. The average Bonchev–Trinajstić information content (AvgIpc) is 2.85. The van der Waals surface area contributed by atoms with E-state index in [1.54, 1.807) is 13.0 Å². The first-order valence-electron chi connectivity index (χ1n) is 12.0. The summed E-state index contributed by atoms with van der Waals surface area (Å²) in [6.45, 7) is 8.01. The first-order chi connectivity index (χ1) is 17.3. The topological polar surface area (TPSA) is 102 Å². The van der Waals surface area contributed by atoms with Gasteiger partial charge in [0.05, 0.1) is 12.1 Å². The largest absolute Gasteiger partial charge is 0.494 e. The van der Waals surface area contributed by atoms with Crippen molar-refractivity contribution in [1.82, 2.24) is 15.3 Å². The van der Waals surface area contributed by atoms with Crippen LogP contribution in [0.4, 0.5) is 5.82 Å². The van der Waals surface area contributed by atoms with Crippen molar-refractivity contribution in [1.29, 1.82) is 0 Å². The number of ketones is 1. The van der Waals surface area contributed by atoms with Crippen LogP contribution in [0.25, 0.3) is 22.3 Å². The van der Waals surface area contributed by atoms with Crippen LogP contribution in [-0.4, -0.2) is 40.9 Å². The van der Waals surface area contributed by atoms with Crippen molar-refractivity contribution in [3.63, 3.8) is 0 Å². The minimum absolute atomic E-state index is 0.0450. The fourth-order valence-corrected chi connectivity index (χ4v) is 3.79. The summed E-state index contributed by atoms with van der Waals surface area (Å²) in [4.78, 5) is 33.5. The number of hydrogen-bond acceptors (Lipinski definition) is 7. The van der Waals surface area contributed by atoms with Crippen LogP contribution in [0.3, 0.4) is 0 Å². The molecule has 1 aliphatic rings. The molecule has 0 saturated heterocycles. The highest BCUT2D eigenvalue weighted by molar-refractivity contribution is 5.98. The minimum atomic E-state index is -0.184. The van der Waals surface area contributed by atoms with Gasteiger partial charge < -0.3 is 20.1 Å². The summed E-state index contributed by atoms with van der Waals surface area (Å²) >= 11 is 0. The van der Waals surface area contributed by atoms with E-state index in [4.69, 9.17) is 19.4 Å². The lowest BCUT2D eigenvalue weighted by Gasteiger charge is -2.16. The maximum Gasteiger partial charge on any atom is 0.258 e. The molecule has 0 bridgehead atoms. The second-order valence-corrected chi connectivity index (χ2v) is 8.79. The van der Waals surface area contributed by atoms with E-state index < -0.39 is 0 Å². The van der Waals surface area contributed by atoms with E-state index in [1.807, 2.05) is 69.3 Å². The van der Waals surface area contributed by atoms with Crippen LogP contribution in [-0.2, 0) is 9.59 Å². The van der Waals surface area contributed by atoms with Gasteiger partial charge in [-0.15, -0.1) is 0 Å². The monoisotopic (exact) mass is 486 g/mol. The number of carbonyl (C=O) groups is 2. The highest BCUT2D eigenvalue weighted by Gasteiger charge is 2.15. The van der Waals surface area contributed by atoms with Crippen LogP contribution in [0.5, 0.6) is 11.5 Å². The summed E-state index contributed by atoms with van der Waals surface area (Å²) in [5, 5.41) is 6.97. The number of carbonyl (C=O) groups excluding carboxylic acids is 2. The van der Waals surface area contributed by atoms with E-state index in [1.165, 1.54) is 0 Å². The minimum Gasteiger partial charge on any atom is -0.494 e. The molecule has 2 N–H and O–H groups in total. The van der Waals surface area contributed by atoms with Crippen LogP contribution in [0.2, 0.25) is 0 Å². The summed E-state index contributed by atoms with van der Waals surface area (Å²) in [5.41, 5.74) is 2.98. The van der Waals surface area contributed by atoms with Gasteiger partial charge in [-0.3, -0.25) is 9.59 Å². The molecule has 3 aromatic rings. The number of fused-ring (bicyclic) bond motifs is 1. The van der Waals surface area contributed by atoms with Gasteiger partial charge in [0.2, 0.25) is 0 Å². The first-order valence-corrected chi connectivity index (χ1v) is 12.0. The molecule has 2 aromatic carbocycles. The van der Waals surface area contributed by atoms with Crippen molar-refractivity contribution in [2.24, 2.45) is 0 Å². The molecular weight excluding hydrogens is 456 g/mol. The van der Waals surface area contributed by atoms with Crippen molar-refractivity contribution >= 4 is 28.4 Å². The summed E-state index contributed by atoms with van der Waals surface area (Å²) in [5.74, 6) is 2.29. The number of ether oxygens (including phenoxy) is 2. The van der Waals surface area contributed by atoms with Gasteiger partial charge in [0.25, 0.3) is 5.91 Å². The fourth-order valence-electron chi connectivity index (χ4n) is 3.79. The fraction of sp³-hybridized carbons (Fsp3) is 0.286. The predicted molar refractivity (Wildman–Crippen MR) is 140 cm³/mol. The zero-order chi connectivity index (χ0) is 25.7. The number of hydrogen-bond donors (Lipinski definition) is 2. The second-order valence-electron chi connectivity index (χ2n) is 8.79. The molecule has 1 aromatic heterocycles. The lowest BCUT2D eigenvalue weighted by atomic mass is 10.0. The maximum absolute atomic E-state index is 12.0. The lowest BCUT2D eigenvalue weighted by molar-refractivity contribution is -0.123. The number of allylic oxidation sites excluding steroid dienone is 3. The average molecular weight is 487 g/mol. The van der Waals surface area contributed by atoms with Crippen LogP contribution >= 0.6 is 0 Å². The van der Waals surface area contributed by atoms with Crippen LogP contribution < -0.4 is 20.1 Å². The zero-order valence-electron chi connectivity index (χ0n) is 20.9. The molecule has 8 nitrogen and oxygen atoms in total. The molecule has 0 fully saturated rings. The SMILES string of the molecule is CCOc1ccc2nc(-c3cccc(OCC(=O)NC(C)C)c3)nc(NC3=CCC(=O)C(C)=C3)c2c1. The first kappa shape index (κ1) is 24.9. The van der Waals surface area contributed by atoms with Gasteiger partial charge in [0.15, 0.2) is 18.2 Å². The van der Waals surface area contributed by atoms with Gasteiger partial charge >= 0.3 is 0 Å². The van der Waals surface area contributed by atoms with E-state index >= 15 is 0 Å². The van der Waals surface area contributed by atoms with Gasteiger partial charge in [-0.25, -0.2) is 9.97 Å². The highest BCUT2D eigenvalue weighted by atomic mass is 16.5. The van der Waals surface area contributed by atoms with Crippen molar-refractivity contribution in [2.45, 2.75) is 40.2 Å². The molecule has 4 rings (SSSR count). The van der Waals surface area contributed by atoms with Crippen molar-refractivity contribution in [3.8, 4) is 22.9 Å². The maximum atomic E-state index is 12.0. The predicted octanol–water partition coefficient (Wildman–Crippen LogP) is 4.81. The third-order valence-corrected chi connectivity index (χ3v) is 5.47. The van der Waals surface area contributed by atoms with Gasteiger partial charge in [-0.1, -0.05) is 18.2 Å². The molecule has 0 spiro atoms. The molecule has 186 valence electrons. The Hall–Kier alpha value is -4.20. The number of amides is 1. The Kier molecular flexibility index (Phi) is 7.63. The van der Waals surface area contributed by atoms with Gasteiger partial charge in [-0.05, 0) is 69.7 Å². The number of nitrogens with one attached hydrogen (secondary N) is 2. The summed E-state index contributed by atoms with van der Waals surface area (Å²) in [6.07, 6.45) is 4.02. The molecule has 1 heterocycles. The summed E-state index contributed by atoms with van der Waals surface area (Å²) in [6, 6.07) is 13.1. The normalized spacial score (nSPS) is 13.3. The number of anilines is 1. The number of nitrogens with zero attached hydrogens (tertiary/aromatic N) is 2. The molecule has 0 atom stereocenters. The van der Waals surface area contributed by atoms with Gasteiger partial charge in [-0.2, -0.15) is 0 Å². The van der Waals surface area contributed by atoms with Crippen LogP contribution in [0.1, 0.15) is 34.1 Å². The van der Waals surface area contributed by atoms with Crippen molar-refractivity contribution in [2.75, 3.05) is 18.5 Å². The second kappa shape index (κ2) is 11.0. The van der Waals surface area contributed by atoms with Crippen LogP contribution in [0, 0.1) is 0 Å². The third-order valence-electron chi connectivity index (χ3n) is 5.47. The Morgan fingerprint density at radius 1 is 1.08 bits per heavy atom. The molecular formula is C28H30N4O4. The Bertz CT molecular complexity index is 1360. The zero-order valence-corrected chi connectivity index (χ0v) is 20.9. The Balaban J connectivity index is 1.69. The van der Waals surface area contributed by atoms with E-state index in [0.29, 0.717) is 36.0 Å². The third kappa shape index (κ3) is 6.07. The standard InChI is InChI=1S/C28H30N4O4/c1-5-35-22-10-11-24-23(15-22)28(30-20-9-12-25(33)18(4)13-20)32-27(31-24)19-7-6-8-21(14-19)36-16-26(34)29-17(2)3/h6-11,13-15,17H,5,12,16H2,1-4H3,(H,29,34)(H,30,31,32). The molecule has 36 heavy (non-hydrogen) atoms. The van der Waals surface area contributed by atoms with Gasteiger partial charge in [0.1, 0.15) is 17.3 Å². The molecule has 0 saturated carbocycles. The molecule has 0 unspecified atom stereocenters. The number of Topliss-reactive ketones (excluding diaryl/α,β-unsaturated/α-hetero) is 1. The van der Waals surface area contributed by atoms with Crippen LogP contribution in [0.15, 0.2) is 65.9 Å². The highest BCUT2D eigenvalue weighted by Crippen LogP contribution is 2.31. The number of benzene rings is 2. The van der Waals surface area contributed by atoms with E-state index in [2.05, 4.69) is 10.6 Å². The lowest BCUT2D eigenvalue weighted by Crippen LogP contribution is -2.34. The molecule has 1 amide bonds. The molecule has 0 radical (unpaired) electrons. The van der Waals surface area contributed by atoms with Gasteiger partial charge in [0, 0.05) is 29.1 Å². The number of aromatic nitrogens is 2. The Labute approximate surface area is 210 Å². The van der Waals surface area contributed by atoms with E-state index in [-0.39, 0.29) is 24.3 Å². The van der Waals surface area contributed by atoms with E-state index in [9.17, 15) is 9.59 Å². The quantitative estimate of drug-likeness (QED) is 0.447. The molecule has 8 heteroatoms. The Morgan fingerprint density at radius 2 is 1.89 bits per heavy atom.